The summed E-state index contributed by atoms with van der Waals surface area (Å²) < 4.78 is 13.4. The number of nitrogens with one attached hydrogen (secondary N) is 1. The Balaban J connectivity index is 2.75. The molecule has 0 fully saturated rings. The molecule has 0 radical (unpaired) electrons. The Hall–Kier alpha value is -0.410. The van der Waals surface area contributed by atoms with E-state index in [1.165, 1.54) is 6.07 Å². The van der Waals surface area contributed by atoms with Crippen LogP contribution in [0.2, 0.25) is 5.02 Å². The summed E-state index contributed by atoms with van der Waals surface area (Å²) in [7, 11) is 0. The summed E-state index contributed by atoms with van der Waals surface area (Å²) in [6, 6.07) is 3.09. The molecule has 0 amide bonds. The van der Waals surface area contributed by atoms with Crippen molar-refractivity contribution in [1.29, 1.82) is 0 Å². The molecule has 0 saturated carbocycles. The van der Waals surface area contributed by atoms with Crippen molar-refractivity contribution in [2.75, 3.05) is 23.9 Å². The molecule has 1 rings (SSSR count). The van der Waals surface area contributed by atoms with Crippen LogP contribution in [0.15, 0.2) is 12.1 Å². The predicted octanol–water partition coefficient (Wildman–Crippen LogP) is 3.56. The largest absolute Gasteiger partial charge is 0.382 e. The minimum atomic E-state index is -0.281. The Bertz CT molecular complexity index is 294. The molecular weight excluding hydrogens is 221 g/mol. The second-order valence-corrected chi connectivity index (χ2v) is 4.42. The lowest BCUT2D eigenvalue weighted by atomic mass is 10.2. The van der Waals surface area contributed by atoms with Gasteiger partial charge in [0.15, 0.2) is 0 Å². The van der Waals surface area contributed by atoms with Crippen molar-refractivity contribution in [3.8, 4) is 0 Å². The summed E-state index contributed by atoms with van der Waals surface area (Å²) >= 11 is 7.44. The molecule has 0 aliphatic heterocycles. The maximum Gasteiger partial charge on any atom is 0.148 e. The molecular formula is C10H13ClFNS. The van der Waals surface area contributed by atoms with Crippen LogP contribution in [0.3, 0.4) is 0 Å². The van der Waals surface area contributed by atoms with Crippen LogP contribution in [0.5, 0.6) is 0 Å². The molecule has 0 spiro atoms. The Morgan fingerprint density at radius 3 is 2.79 bits per heavy atom. The van der Waals surface area contributed by atoms with Gasteiger partial charge in [-0.25, -0.2) is 4.39 Å². The number of rotatable bonds is 4. The molecule has 0 aromatic heterocycles. The van der Waals surface area contributed by atoms with Gasteiger partial charge >= 0.3 is 0 Å². The van der Waals surface area contributed by atoms with E-state index in [1.54, 1.807) is 17.8 Å². The molecule has 1 aromatic rings. The van der Waals surface area contributed by atoms with E-state index in [0.717, 1.165) is 17.9 Å². The van der Waals surface area contributed by atoms with E-state index in [9.17, 15) is 4.39 Å². The zero-order valence-electron chi connectivity index (χ0n) is 8.23. The third-order valence-electron chi connectivity index (χ3n) is 1.86. The number of aryl methyl sites for hydroxylation is 1. The second kappa shape index (κ2) is 5.47. The van der Waals surface area contributed by atoms with Crippen LogP contribution < -0.4 is 5.32 Å². The van der Waals surface area contributed by atoms with Gasteiger partial charge in [0.25, 0.3) is 0 Å². The van der Waals surface area contributed by atoms with E-state index in [0.29, 0.717) is 10.7 Å². The van der Waals surface area contributed by atoms with E-state index in [4.69, 9.17) is 11.6 Å². The number of thioether (sulfide) groups is 1. The zero-order valence-corrected chi connectivity index (χ0v) is 9.81. The normalized spacial score (nSPS) is 10.3. The van der Waals surface area contributed by atoms with E-state index in [2.05, 4.69) is 5.32 Å². The molecule has 14 heavy (non-hydrogen) atoms. The maximum atomic E-state index is 13.4. The SMILES string of the molecule is CSCCNc1c(C)cc(Cl)cc1F. The number of hydrogen-bond acceptors (Lipinski definition) is 2. The monoisotopic (exact) mass is 233 g/mol. The molecule has 0 saturated heterocycles. The lowest BCUT2D eigenvalue weighted by Gasteiger charge is -2.10. The molecule has 78 valence electrons. The van der Waals surface area contributed by atoms with Gasteiger partial charge in [-0.3, -0.25) is 0 Å². The van der Waals surface area contributed by atoms with Crippen LogP contribution in [0.4, 0.5) is 10.1 Å². The minimum Gasteiger partial charge on any atom is -0.382 e. The molecule has 0 aliphatic carbocycles. The molecule has 0 unspecified atom stereocenters. The maximum absolute atomic E-state index is 13.4. The lowest BCUT2D eigenvalue weighted by molar-refractivity contribution is 0.629. The summed E-state index contributed by atoms with van der Waals surface area (Å²) in [6.45, 7) is 2.61. The summed E-state index contributed by atoms with van der Waals surface area (Å²) in [4.78, 5) is 0. The van der Waals surface area contributed by atoms with Gasteiger partial charge in [0.05, 0.1) is 5.69 Å². The molecule has 1 aromatic carbocycles. The molecule has 0 bridgehead atoms. The fraction of sp³-hybridized carbons (Fsp3) is 0.400. The number of anilines is 1. The highest BCUT2D eigenvalue weighted by Crippen LogP contribution is 2.23. The molecule has 1 nitrogen and oxygen atoms in total. The quantitative estimate of drug-likeness (QED) is 0.799. The van der Waals surface area contributed by atoms with Gasteiger partial charge in [-0.15, -0.1) is 0 Å². The predicted molar refractivity (Wildman–Crippen MR) is 63.0 cm³/mol. The highest BCUT2D eigenvalue weighted by molar-refractivity contribution is 7.98. The van der Waals surface area contributed by atoms with E-state index in [1.807, 2.05) is 13.2 Å². The van der Waals surface area contributed by atoms with Crippen molar-refractivity contribution in [2.45, 2.75) is 6.92 Å². The molecule has 4 heteroatoms. The van der Waals surface area contributed by atoms with Crippen LogP contribution >= 0.6 is 23.4 Å². The van der Waals surface area contributed by atoms with Crippen molar-refractivity contribution in [1.82, 2.24) is 0 Å². The highest BCUT2D eigenvalue weighted by Gasteiger charge is 2.06. The Morgan fingerprint density at radius 2 is 2.21 bits per heavy atom. The van der Waals surface area contributed by atoms with Crippen LogP contribution in [-0.2, 0) is 0 Å². The Kier molecular flexibility index (Phi) is 4.55. The fourth-order valence-corrected chi connectivity index (χ4v) is 1.77. The second-order valence-electron chi connectivity index (χ2n) is 3.00. The number of benzene rings is 1. The van der Waals surface area contributed by atoms with Crippen LogP contribution in [0, 0.1) is 12.7 Å². The topological polar surface area (TPSA) is 12.0 Å². The number of hydrogen-bond donors (Lipinski definition) is 1. The van der Waals surface area contributed by atoms with E-state index >= 15 is 0 Å². The van der Waals surface area contributed by atoms with Gasteiger partial charge in [0, 0.05) is 17.3 Å². The molecule has 0 atom stereocenters. The van der Waals surface area contributed by atoms with E-state index in [-0.39, 0.29) is 5.82 Å². The first kappa shape index (κ1) is 11.7. The van der Waals surface area contributed by atoms with Crippen LogP contribution in [0.25, 0.3) is 0 Å². The van der Waals surface area contributed by atoms with Gasteiger partial charge in [-0.1, -0.05) is 11.6 Å². The summed E-state index contributed by atoms with van der Waals surface area (Å²) in [5, 5.41) is 3.50. The standard InChI is InChI=1S/C10H13ClFNS/c1-7-5-8(11)6-9(12)10(7)13-3-4-14-2/h5-6,13H,3-4H2,1-2H3. The average molecular weight is 234 g/mol. The van der Waals surface area contributed by atoms with Gasteiger partial charge in [0.2, 0.25) is 0 Å². The zero-order chi connectivity index (χ0) is 10.6. The molecule has 1 N–H and O–H groups in total. The summed E-state index contributed by atoms with van der Waals surface area (Å²) in [5.74, 6) is 0.678. The van der Waals surface area contributed by atoms with Crippen LogP contribution in [-0.4, -0.2) is 18.6 Å². The Labute approximate surface area is 93.0 Å². The Morgan fingerprint density at radius 1 is 1.50 bits per heavy atom. The third-order valence-corrected chi connectivity index (χ3v) is 2.69. The van der Waals surface area contributed by atoms with Gasteiger partial charge < -0.3 is 5.32 Å². The van der Waals surface area contributed by atoms with Crippen molar-refractivity contribution in [2.24, 2.45) is 0 Å². The van der Waals surface area contributed by atoms with Crippen LogP contribution in [0.1, 0.15) is 5.56 Å². The van der Waals surface area contributed by atoms with Gasteiger partial charge in [0.1, 0.15) is 5.82 Å². The summed E-state index contributed by atoms with van der Waals surface area (Å²) in [6.07, 6.45) is 2.02. The lowest BCUT2D eigenvalue weighted by Crippen LogP contribution is -2.07. The third kappa shape index (κ3) is 3.07. The van der Waals surface area contributed by atoms with Crippen molar-refractivity contribution < 1.29 is 4.39 Å². The highest BCUT2D eigenvalue weighted by atomic mass is 35.5. The molecule has 0 heterocycles. The number of halogens is 2. The first-order valence-corrected chi connectivity index (χ1v) is 6.10. The van der Waals surface area contributed by atoms with Crippen molar-refractivity contribution in [3.05, 3.63) is 28.5 Å². The smallest absolute Gasteiger partial charge is 0.148 e. The fourth-order valence-electron chi connectivity index (χ4n) is 1.20. The van der Waals surface area contributed by atoms with Gasteiger partial charge in [-0.2, -0.15) is 11.8 Å². The summed E-state index contributed by atoms with van der Waals surface area (Å²) in [5.41, 5.74) is 1.40. The molecule has 0 aliphatic rings. The minimum absolute atomic E-state index is 0.281. The van der Waals surface area contributed by atoms with Crippen molar-refractivity contribution in [3.63, 3.8) is 0 Å². The first-order chi connectivity index (χ1) is 6.65. The average Bonchev–Trinajstić information content (AvgIpc) is 2.09. The van der Waals surface area contributed by atoms with Crippen molar-refractivity contribution >= 4 is 29.1 Å². The van der Waals surface area contributed by atoms with E-state index < -0.39 is 0 Å². The van der Waals surface area contributed by atoms with Gasteiger partial charge in [-0.05, 0) is 30.9 Å². The first-order valence-electron chi connectivity index (χ1n) is 4.33.